The number of nitrogens with zero attached hydrogens (tertiary/aromatic N) is 2. The van der Waals surface area contributed by atoms with Crippen LogP contribution in [0.3, 0.4) is 0 Å². The van der Waals surface area contributed by atoms with Crippen molar-refractivity contribution >= 4 is 12.1 Å². The van der Waals surface area contributed by atoms with Gasteiger partial charge in [0.05, 0.1) is 13.7 Å². The molecule has 0 radical (unpaired) electrons. The van der Waals surface area contributed by atoms with E-state index in [1.807, 2.05) is 23.1 Å². The minimum Gasteiger partial charge on any atom is -0.468 e. The summed E-state index contributed by atoms with van der Waals surface area (Å²) in [4.78, 5) is 26.7. The molecule has 1 heterocycles. The van der Waals surface area contributed by atoms with Gasteiger partial charge in [0.25, 0.3) is 0 Å². The van der Waals surface area contributed by atoms with E-state index >= 15 is 0 Å². The SMILES string of the molecule is COC(=O)CN1CCN(C(=O)Oc2ccccc2)CC1. The van der Waals surface area contributed by atoms with Crippen molar-refractivity contribution < 1.29 is 19.1 Å². The molecule has 1 aliphatic heterocycles. The summed E-state index contributed by atoms with van der Waals surface area (Å²) in [5.74, 6) is 0.278. The van der Waals surface area contributed by atoms with E-state index in [4.69, 9.17) is 4.74 Å². The topological polar surface area (TPSA) is 59.1 Å². The first-order chi connectivity index (χ1) is 9.69. The predicted octanol–water partition coefficient (Wildman–Crippen LogP) is 0.976. The zero-order valence-corrected chi connectivity index (χ0v) is 11.4. The molecule has 1 aromatic carbocycles. The number of hydrogen-bond donors (Lipinski definition) is 0. The molecular formula is C14H18N2O4. The molecule has 0 saturated carbocycles. The van der Waals surface area contributed by atoms with Crippen molar-refractivity contribution in [1.82, 2.24) is 9.80 Å². The lowest BCUT2D eigenvalue weighted by atomic mass is 10.3. The van der Waals surface area contributed by atoms with E-state index in [9.17, 15) is 9.59 Å². The third-order valence-electron chi connectivity index (χ3n) is 3.16. The molecule has 1 aromatic rings. The van der Waals surface area contributed by atoms with Gasteiger partial charge in [0.2, 0.25) is 0 Å². The lowest BCUT2D eigenvalue weighted by molar-refractivity contribution is -0.142. The summed E-state index contributed by atoms with van der Waals surface area (Å²) in [6, 6.07) is 8.98. The number of hydrogen-bond acceptors (Lipinski definition) is 5. The van der Waals surface area contributed by atoms with Crippen molar-refractivity contribution in [3.05, 3.63) is 30.3 Å². The Morgan fingerprint density at radius 1 is 1.10 bits per heavy atom. The van der Waals surface area contributed by atoms with Crippen LogP contribution in [0.4, 0.5) is 4.79 Å². The Kier molecular flexibility index (Phi) is 4.95. The maximum atomic E-state index is 11.9. The fourth-order valence-electron chi connectivity index (χ4n) is 1.99. The van der Waals surface area contributed by atoms with Gasteiger partial charge in [0.15, 0.2) is 0 Å². The molecule has 6 heteroatoms. The molecule has 0 N–H and O–H groups in total. The van der Waals surface area contributed by atoms with Crippen LogP contribution < -0.4 is 4.74 Å². The summed E-state index contributed by atoms with van der Waals surface area (Å²) in [5, 5.41) is 0. The van der Waals surface area contributed by atoms with E-state index in [2.05, 4.69) is 4.74 Å². The molecule has 0 aromatic heterocycles. The van der Waals surface area contributed by atoms with Crippen molar-refractivity contribution in [3.8, 4) is 5.75 Å². The normalized spacial score (nSPS) is 15.8. The lowest BCUT2D eigenvalue weighted by Crippen LogP contribution is -2.50. The standard InChI is InChI=1S/C14H18N2O4/c1-19-13(17)11-15-7-9-16(10-8-15)14(18)20-12-5-3-2-4-6-12/h2-6H,7-11H2,1H3. The molecule has 20 heavy (non-hydrogen) atoms. The van der Waals surface area contributed by atoms with Crippen LogP contribution in [-0.4, -0.2) is 61.7 Å². The summed E-state index contributed by atoms with van der Waals surface area (Å²) < 4.78 is 9.89. The summed E-state index contributed by atoms with van der Waals surface area (Å²) in [7, 11) is 1.37. The average Bonchev–Trinajstić information content (AvgIpc) is 2.49. The van der Waals surface area contributed by atoms with Gasteiger partial charge >= 0.3 is 12.1 Å². The van der Waals surface area contributed by atoms with Gasteiger partial charge in [-0.15, -0.1) is 0 Å². The number of para-hydroxylation sites is 1. The van der Waals surface area contributed by atoms with E-state index in [1.54, 1.807) is 17.0 Å². The minimum atomic E-state index is -0.353. The number of methoxy groups -OCH3 is 1. The first-order valence-corrected chi connectivity index (χ1v) is 6.50. The predicted molar refractivity (Wildman–Crippen MR) is 72.5 cm³/mol. The Labute approximate surface area is 117 Å². The fourth-order valence-corrected chi connectivity index (χ4v) is 1.99. The average molecular weight is 278 g/mol. The second-order valence-corrected chi connectivity index (χ2v) is 4.52. The maximum Gasteiger partial charge on any atom is 0.415 e. The number of benzene rings is 1. The number of ether oxygens (including phenoxy) is 2. The van der Waals surface area contributed by atoms with E-state index in [0.717, 1.165) is 0 Å². The second-order valence-electron chi connectivity index (χ2n) is 4.52. The summed E-state index contributed by atoms with van der Waals surface area (Å²) >= 11 is 0. The highest BCUT2D eigenvalue weighted by Gasteiger charge is 2.23. The van der Waals surface area contributed by atoms with Crippen LogP contribution >= 0.6 is 0 Å². The number of carbonyl (C=O) groups is 2. The molecule has 0 bridgehead atoms. The smallest absolute Gasteiger partial charge is 0.415 e. The van der Waals surface area contributed by atoms with Crippen molar-refractivity contribution in [2.24, 2.45) is 0 Å². The van der Waals surface area contributed by atoms with Crippen LogP contribution in [0.2, 0.25) is 0 Å². The van der Waals surface area contributed by atoms with Crippen LogP contribution in [0, 0.1) is 0 Å². The van der Waals surface area contributed by atoms with E-state index in [-0.39, 0.29) is 18.6 Å². The zero-order valence-electron chi connectivity index (χ0n) is 11.4. The van der Waals surface area contributed by atoms with E-state index in [0.29, 0.717) is 31.9 Å². The van der Waals surface area contributed by atoms with Gasteiger partial charge in [-0.1, -0.05) is 18.2 Å². The van der Waals surface area contributed by atoms with Crippen LogP contribution in [-0.2, 0) is 9.53 Å². The monoisotopic (exact) mass is 278 g/mol. The molecule has 0 spiro atoms. The Balaban J connectivity index is 1.78. The molecule has 2 rings (SSSR count). The van der Waals surface area contributed by atoms with Gasteiger partial charge in [-0.25, -0.2) is 4.79 Å². The van der Waals surface area contributed by atoms with Gasteiger partial charge in [-0.2, -0.15) is 0 Å². The molecule has 0 unspecified atom stereocenters. The molecule has 0 aliphatic carbocycles. The summed E-state index contributed by atoms with van der Waals surface area (Å²) in [6.45, 7) is 2.63. The van der Waals surface area contributed by atoms with Gasteiger partial charge in [0.1, 0.15) is 5.75 Å². The highest BCUT2D eigenvalue weighted by molar-refractivity contribution is 5.72. The molecule has 1 amide bonds. The molecule has 6 nitrogen and oxygen atoms in total. The number of amides is 1. The van der Waals surface area contributed by atoms with Crippen LogP contribution in [0.15, 0.2) is 30.3 Å². The largest absolute Gasteiger partial charge is 0.468 e. The molecule has 108 valence electrons. The molecule has 1 fully saturated rings. The van der Waals surface area contributed by atoms with E-state index < -0.39 is 0 Å². The molecular weight excluding hydrogens is 260 g/mol. The van der Waals surface area contributed by atoms with Crippen molar-refractivity contribution in [1.29, 1.82) is 0 Å². The van der Waals surface area contributed by atoms with Crippen molar-refractivity contribution in [2.45, 2.75) is 0 Å². The Morgan fingerprint density at radius 3 is 2.35 bits per heavy atom. The van der Waals surface area contributed by atoms with Gasteiger partial charge in [-0.3, -0.25) is 9.69 Å². The zero-order chi connectivity index (χ0) is 14.4. The number of rotatable bonds is 3. The van der Waals surface area contributed by atoms with Crippen LogP contribution in [0.25, 0.3) is 0 Å². The Hall–Kier alpha value is -2.08. The third-order valence-corrected chi connectivity index (χ3v) is 3.16. The Bertz CT molecular complexity index is 456. The van der Waals surface area contributed by atoms with Crippen LogP contribution in [0.1, 0.15) is 0 Å². The number of piperazine rings is 1. The molecule has 0 atom stereocenters. The summed E-state index contributed by atoms with van der Waals surface area (Å²) in [6.07, 6.45) is -0.353. The van der Waals surface area contributed by atoms with Gasteiger partial charge in [0, 0.05) is 26.2 Å². The van der Waals surface area contributed by atoms with Crippen molar-refractivity contribution in [2.75, 3.05) is 39.8 Å². The lowest BCUT2D eigenvalue weighted by Gasteiger charge is -2.33. The Morgan fingerprint density at radius 2 is 1.75 bits per heavy atom. The first kappa shape index (κ1) is 14.3. The maximum absolute atomic E-state index is 11.9. The highest BCUT2D eigenvalue weighted by atomic mass is 16.6. The quantitative estimate of drug-likeness (QED) is 0.771. The van der Waals surface area contributed by atoms with Gasteiger partial charge < -0.3 is 14.4 Å². The molecule has 1 saturated heterocycles. The van der Waals surface area contributed by atoms with Crippen molar-refractivity contribution in [3.63, 3.8) is 0 Å². The fraction of sp³-hybridized carbons (Fsp3) is 0.429. The third kappa shape index (κ3) is 3.96. The number of carbonyl (C=O) groups excluding carboxylic acids is 2. The summed E-state index contributed by atoms with van der Waals surface area (Å²) in [5.41, 5.74) is 0. The molecule has 1 aliphatic rings. The highest BCUT2D eigenvalue weighted by Crippen LogP contribution is 2.11. The van der Waals surface area contributed by atoms with Crippen LogP contribution in [0.5, 0.6) is 5.75 Å². The minimum absolute atomic E-state index is 0.259. The second kappa shape index (κ2) is 6.91. The number of esters is 1. The van der Waals surface area contributed by atoms with E-state index in [1.165, 1.54) is 7.11 Å². The van der Waals surface area contributed by atoms with Gasteiger partial charge in [-0.05, 0) is 12.1 Å². The first-order valence-electron chi connectivity index (χ1n) is 6.50.